The first-order valence-corrected chi connectivity index (χ1v) is 12.4. The van der Waals surface area contributed by atoms with Gasteiger partial charge in [0, 0.05) is 17.8 Å². The topological polar surface area (TPSA) is 58.6 Å². The van der Waals surface area contributed by atoms with Crippen molar-refractivity contribution >= 4 is 33.4 Å². The molecule has 1 atom stereocenters. The number of amides is 2. The summed E-state index contributed by atoms with van der Waals surface area (Å²) in [5.41, 5.74) is 0.630. The zero-order valence-corrected chi connectivity index (χ0v) is 20.4. The molecule has 0 bridgehead atoms. The smallest absolute Gasteiger partial charge is 0.410 e. The lowest BCUT2D eigenvalue weighted by Gasteiger charge is -2.35. The average molecular weight is 465 g/mol. The lowest BCUT2D eigenvalue weighted by Crippen LogP contribution is -2.42. The molecule has 2 amide bonds. The molecular weight excluding hydrogens is 432 g/mol. The van der Waals surface area contributed by atoms with E-state index in [-0.39, 0.29) is 18.0 Å². The maximum Gasteiger partial charge on any atom is 0.410 e. The molecule has 0 spiro atoms. The highest BCUT2D eigenvalue weighted by Crippen LogP contribution is 2.31. The number of likely N-dealkylation sites (tertiary alicyclic amines) is 1. The van der Waals surface area contributed by atoms with Gasteiger partial charge in [0.25, 0.3) is 5.91 Å². The highest BCUT2D eigenvalue weighted by Gasteiger charge is 2.29. The summed E-state index contributed by atoms with van der Waals surface area (Å²) >= 11 is 1.53. The van der Waals surface area contributed by atoms with Gasteiger partial charge in [-0.25, -0.2) is 4.79 Å². The van der Waals surface area contributed by atoms with Gasteiger partial charge in [0.15, 0.2) is 0 Å². The third-order valence-electron chi connectivity index (χ3n) is 5.99. The van der Waals surface area contributed by atoms with Crippen LogP contribution in [0, 0.1) is 5.92 Å². The molecule has 1 aliphatic rings. The van der Waals surface area contributed by atoms with Crippen molar-refractivity contribution in [3.63, 3.8) is 0 Å². The van der Waals surface area contributed by atoms with Gasteiger partial charge in [-0.15, -0.1) is 11.3 Å². The molecule has 33 heavy (non-hydrogen) atoms. The minimum absolute atomic E-state index is 0.0313. The predicted octanol–water partition coefficient (Wildman–Crippen LogP) is 6.41. The van der Waals surface area contributed by atoms with Crippen molar-refractivity contribution in [1.82, 2.24) is 10.2 Å². The Balaban J connectivity index is 1.42. The number of carbonyl (C=O) groups excluding carboxylic acids is 2. The molecule has 3 aromatic rings. The third-order valence-corrected chi connectivity index (χ3v) is 7.11. The first-order chi connectivity index (χ1) is 15.8. The molecule has 5 nitrogen and oxygen atoms in total. The molecule has 2 aromatic carbocycles. The van der Waals surface area contributed by atoms with Gasteiger partial charge in [-0.05, 0) is 69.0 Å². The summed E-state index contributed by atoms with van der Waals surface area (Å²) in [6.07, 6.45) is 2.42. The summed E-state index contributed by atoms with van der Waals surface area (Å²) < 4.78 is 6.64. The van der Waals surface area contributed by atoms with Gasteiger partial charge in [-0.2, -0.15) is 0 Å². The fourth-order valence-electron chi connectivity index (χ4n) is 4.30. The highest BCUT2D eigenvalue weighted by molar-refractivity contribution is 7.20. The number of benzene rings is 2. The van der Waals surface area contributed by atoms with E-state index in [9.17, 15) is 9.59 Å². The summed E-state index contributed by atoms with van der Waals surface area (Å²) in [7, 11) is 0. The summed E-state index contributed by atoms with van der Waals surface area (Å²) in [6, 6.07) is 20.1. The molecule has 1 saturated heterocycles. The summed E-state index contributed by atoms with van der Waals surface area (Å²) in [5.74, 6) is 0.396. The Labute approximate surface area is 199 Å². The van der Waals surface area contributed by atoms with E-state index in [0.717, 1.165) is 39.8 Å². The van der Waals surface area contributed by atoms with Crippen molar-refractivity contribution in [1.29, 1.82) is 0 Å². The Hall–Kier alpha value is -2.86. The molecule has 6 heteroatoms. The van der Waals surface area contributed by atoms with E-state index in [0.29, 0.717) is 19.0 Å². The molecule has 0 aliphatic carbocycles. The van der Waals surface area contributed by atoms with Crippen molar-refractivity contribution in [2.24, 2.45) is 5.92 Å². The van der Waals surface area contributed by atoms with Gasteiger partial charge in [0.05, 0.1) is 10.9 Å². The fourth-order valence-corrected chi connectivity index (χ4v) is 5.26. The van der Waals surface area contributed by atoms with Gasteiger partial charge in [0.2, 0.25) is 0 Å². The van der Waals surface area contributed by atoms with Crippen LogP contribution < -0.4 is 5.32 Å². The maximum atomic E-state index is 13.1. The number of thiophene rings is 1. The second-order valence-electron chi connectivity index (χ2n) is 9.73. The third kappa shape index (κ3) is 6.14. The Morgan fingerprint density at radius 1 is 1.06 bits per heavy atom. The van der Waals surface area contributed by atoms with Crippen LogP contribution >= 0.6 is 11.3 Å². The first-order valence-electron chi connectivity index (χ1n) is 11.6. The molecule has 4 rings (SSSR count). The van der Waals surface area contributed by atoms with Gasteiger partial charge in [-0.3, -0.25) is 4.79 Å². The second-order valence-corrected chi connectivity index (χ2v) is 10.8. The monoisotopic (exact) mass is 464 g/mol. The Morgan fingerprint density at radius 2 is 1.73 bits per heavy atom. The van der Waals surface area contributed by atoms with Crippen molar-refractivity contribution < 1.29 is 14.3 Å². The van der Waals surface area contributed by atoms with Crippen LogP contribution in [-0.4, -0.2) is 35.6 Å². The largest absolute Gasteiger partial charge is 0.444 e. The first kappa shape index (κ1) is 23.3. The molecule has 1 N–H and O–H groups in total. The highest BCUT2D eigenvalue weighted by atomic mass is 32.1. The number of piperidine rings is 1. The molecule has 2 heterocycles. The Kier molecular flexibility index (Phi) is 7.03. The van der Waals surface area contributed by atoms with Crippen LogP contribution in [0.3, 0.4) is 0 Å². The molecule has 0 saturated carbocycles. The van der Waals surface area contributed by atoms with Crippen LogP contribution in [0.4, 0.5) is 4.79 Å². The number of nitrogens with zero attached hydrogens (tertiary/aromatic N) is 1. The van der Waals surface area contributed by atoms with Crippen LogP contribution in [0.1, 0.15) is 61.3 Å². The minimum Gasteiger partial charge on any atom is -0.444 e. The number of ether oxygens (including phenoxy) is 1. The van der Waals surface area contributed by atoms with E-state index in [2.05, 4.69) is 17.4 Å². The second kappa shape index (κ2) is 9.96. The molecular formula is C27H32N2O3S. The summed E-state index contributed by atoms with van der Waals surface area (Å²) in [4.78, 5) is 28.1. The summed E-state index contributed by atoms with van der Waals surface area (Å²) in [5, 5.41) is 4.38. The van der Waals surface area contributed by atoms with Gasteiger partial charge < -0.3 is 15.0 Å². The van der Waals surface area contributed by atoms with Crippen molar-refractivity contribution in [2.45, 2.75) is 51.7 Å². The number of nitrogens with one attached hydrogen (secondary N) is 1. The zero-order valence-electron chi connectivity index (χ0n) is 19.5. The number of rotatable bonds is 5. The SMILES string of the molecule is CC(C)(C)OC(=O)N1CCC(CC(NC(=O)c2cc3ccccc3s2)c2ccccc2)CC1. The lowest BCUT2D eigenvalue weighted by atomic mass is 9.87. The van der Waals surface area contributed by atoms with Crippen molar-refractivity contribution in [3.05, 3.63) is 71.1 Å². The molecule has 174 valence electrons. The fraction of sp³-hybridized carbons (Fsp3) is 0.407. The standard InChI is InChI=1S/C27H32N2O3S/c1-27(2,3)32-26(31)29-15-13-19(14-16-29)17-22(20-9-5-4-6-10-20)28-25(30)24-18-21-11-7-8-12-23(21)33-24/h4-12,18-19,22H,13-17H2,1-3H3,(H,28,30). The minimum atomic E-state index is -0.483. The number of hydrogen-bond acceptors (Lipinski definition) is 4. The van der Waals surface area contributed by atoms with Gasteiger partial charge in [-0.1, -0.05) is 48.5 Å². The molecule has 1 aliphatic heterocycles. The van der Waals surface area contributed by atoms with Crippen LogP contribution in [0.25, 0.3) is 10.1 Å². The Bertz CT molecular complexity index is 1060. The van der Waals surface area contributed by atoms with Crippen LogP contribution in [0.5, 0.6) is 0 Å². The van der Waals surface area contributed by atoms with E-state index in [1.54, 1.807) is 4.90 Å². The molecule has 1 fully saturated rings. The van der Waals surface area contributed by atoms with E-state index < -0.39 is 5.60 Å². The van der Waals surface area contributed by atoms with Crippen molar-refractivity contribution in [2.75, 3.05) is 13.1 Å². The summed E-state index contributed by atoms with van der Waals surface area (Å²) in [6.45, 7) is 7.04. The van der Waals surface area contributed by atoms with Crippen LogP contribution in [0.15, 0.2) is 60.7 Å². The van der Waals surface area contributed by atoms with E-state index in [1.807, 2.05) is 69.3 Å². The number of hydrogen-bond donors (Lipinski definition) is 1. The van der Waals surface area contributed by atoms with Crippen LogP contribution in [-0.2, 0) is 4.74 Å². The van der Waals surface area contributed by atoms with E-state index >= 15 is 0 Å². The van der Waals surface area contributed by atoms with Crippen molar-refractivity contribution in [3.8, 4) is 0 Å². The lowest BCUT2D eigenvalue weighted by molar-refractivity contribution is 0.0178. The maximum absolute atomic E-state index is 13.1. The van der Waals surface area contributed by atoms with E-state index in [4.69, 9.17) is 4.74 Å². The molecule has 1 aromatic heterocycles. The van der Waals surface area contributed by atoms with Gasteiger partial charge in [0.1, 0.15) is 5.60 Å². The Morgan fingerprint density at radius 3 is 2.39 bits per heavy atom. The quantitative estimate of drug-likeness (QED) is 0.475. The van der Waals surface area contributed by atoms with Gasteiger partial charge >= 0.3 is 6.09 Å². The predicted molar refractivity (Wildman–Crippen MR) is 134 cm³/mol. The zero-order chi connectivity index (χ0) is 23.4. The molecule has 1 unspecified atom stereocenters. The van der Waals surface area contributed by atoms with E-state index in [1.165, 1.54) is 11.3 Å². The normalized spacial score (nSPS) is 15.9. The molecule has 0 radical (unpaired) electrons. The van der Waals surface area contributed by atoms with Crippen LogP contribution in [0.2, 0.25) is 0 Å². The average Bonchev–Trinajstić information content (AvgIpc) is 3.23. The number of carbonyl (C=O) groups is 2. The number of fused-ring (bicyclic) bond motifs is 1.